The van der Waals surface area contributed by atoms with Gasteiger partial charge in [-0.25, -0.2) is 4.98 Å². The van der Waals surface area contributed by atoms with E-state index in [9.17, 15) is 18.0 Å². The zero-order valence-corrected chi connectivity index (χ0v) is 15.7. The maximum atomic E-state index is 12.5. The van der Waals surface area contributed by atoms with Gasteiger partial charge in [0.2, 0.25) is 11.0 Å². The highest BCUT2D eigenvalue weighted by Crippen LogP contribution is 2.32. The maximum Gasteiger partial charge on any atom is 0.417 e. The zero-order chi connectivity index (χ0) is 19.4. The third kappa shape index (κ3) is 5.18. The standard InChI is InChI=1S/C16H10ClF3N4OS2/c17-11-4-2-1-3-10(11)14-23-24-15(27-14)22-12(25)8-26-13-6-5-9(7-21-13)16(18,19)20/h1-7H,8H2,(H,22,24,25). The summed E-state index contributed by atoms with van der Waals surface area (Å²) in [6.45, 7) is 0. The normalized spacial score (nSPS) is 11.4. The lowest BCUT2D eigenvalue weighted by atomic mass is 10.2. The monoisotopic (exact) mass is 430 g/mol. The molecule has 11 heteroatoms. The van der Waals surface area contributed by atoms with Crippen molar-refractivity contribution in [1.82, 2.24) is 15.2 Å². The average molecular weight is 431 g/mol. The fourth-order valence-electron chi connectivity index (χ4n) is 1.95. The molecule has 3 rings (SSSR count). The number of nitrogens with one attached hydrogen (secondary N) is 1. The van der Waals surface area contributed by atoms with Gasteiger partial charge in [-0.05, 0) is 18.2 Å². The lowest BCUT2D eigenvalue weighted by Crippen LogP contribution is -2.14. The van der Waals surface area contributed by atoms with Crippen LogP contribution in [0.1, 0.15) is 5.56 Å². The zero-order valence-electron chi connectivity index (χ0n) is 13.3. The van der Waals surface area contributed by atoms with Crippen LogP contribution in [0.5, 0.6) is 0 Å². The highest BCUT2D eigenvalue weighted by Gasteiger charge is 2.30. The third-order valence-corrected chi connectivity index (χ3v) is 5.34. The first-order valence-electron chi connectivity index (χ1n) is 7.37. The van der Waals surface area contributed by atoms with Gasteiger partial charge in [0, 0.05) is 11.8 Å². The van der Waals surface area contributed by atoms with E-state index in [-0.39, 0.29) is 11.7 Å². The van der Waals surface area contributed by atoms with Crippen molar-refractivity contribution in [2.75, 3.05) is 11.1 Å². The number of alkyl halides is 3. The predicted molar refractivity (Wildman–Crippen MR) is 98.9 cm³/mol. The van der Waals surface area contributed by atoms with Gasteiger partial charge in [-0.3, -0.25) is 10.1 Å². The van der Waals surface area contributed by atoms with Crippen molar-refractivity contribution in [2.24, 2.45) is 0 Å². The number of aromatic nitrogens is 3. The number of hydrogen-bond donors (Lipinski definition) is 1. The largest absolute Gasteiger partial charge is 0.417 e. The first kappa shape index (κ1) is 19.6. The van der Waals surface area contributed by atoms with Crippen molar-refractivity contribution in [3.63, 3.8) is 0 Å². The van der Waals surface area contributed by atoms with Gasteiger partial charge in [-0.15, -0.1) is 10.2 Å². The molecule has 0 spiro atoms. The van der Waals surface area contributed by atoms with Gasteiger partial charge in [-0.1, -0.05) is 52.9 Å². The van der Waals surface area contributed by atoms with E-state index in [0.29, 0.717) is 25.8 Å². The molecule has 0 saturated carbocycles. The molecule has 0 unspecified atom stereocenters. The summed E-state index contributed by atoms with van der Waals surface area (Å²) in [6.07, 6.45) is -3.70. The Morgan fingerprint density at radius 3 is 2.63 bits per heavy atom. The van der Waals surface area contributed by atoms with Crippen molar-refractivity contribution >= 4 is 45.7 Å². The van der Waals surface area contributed by atoms with E-state index < -0.39 is 11.7 Å². The van der Waals surface area contributed by atoms with Crippen LogP contribution in [0.25, 0.3) is 10.6 Å². The highest BCUT2D eigenvalue weighted by molar-refractivity contribution is 7.99. The number of rotatable bonds is 5. The molecule has 27 heavy (non-hydrogen) atoms. The van der Waals surface area contributed by atoms with E-state index in [1.807, 2.05) is 6.07 Å². The van der Waals surface area contributed by atoms with E-state index in [0.717, 1.165) is 24.0 Å². The molecule has 1 amide bonds. The molecule has 140 valence electrons. The van der Waals surface area contributed by atoms with Crippen LogP contribution in [0.15, 0.2) is 47.6 Å². The molecule has 5 nitrogen and oxygen atoms in total. The molecule has 0 radical (unpaired) electrons. The van der Waals surface area contributed by atoms with Crippen molar-refractivity contribution in [3.8, 4) is 10.6 Å². The number of nitrogens with zero attached hydrogens (tertiary/aromatic N) is 3. The lowest BCUT2D eigenvalue weighted by Gasteiger charge is -2.06. The molecule has 2 aromatic heterocycles. The fraction of sp³-hybridized carbons (Fsp3) is 0.125. The number of anilines is 1. The van der Waals surface area contributed by atoms with Crippen molar-refractivity contribution in [2.45, 2.75) is 11.2 Å². The first-order chi connectivity index (χ1) is 12.8. The summed E-state index contributed by atoms with van der Waals surface area (Å²) in [5.41, 5.74) is -0.127. The van der Waals surface area contributed by atoms with Crippen LogP contribution in [-0.2, 0) is 11.0 Å². The number of amides is 1. The van der Waals surface area contributed by atoms with Gasteiger partial charge < -0.3 is 0 Å². The Labute approximate surface area is 165 Å². The summed E-state index contributed by atoms with van der Waals surface area (Å²) < 4.78 is 37.5. The van der Waals surface area contributed by atoms with Crippen molar-refractivity contribution < 1.29 is 18.0 Å². The second kappa shape index (κ2) is 8.24. The molecule has 0 fully saturated rings. The molecular weight excluding hydrogens is 421 g/mol. The van der Waals surface area contributed by atoms with E-state index in [2.05, 4.69) is 20.5 Å². The molecule has 0 bridgehead atoms. The van der Waals surface area contributed by atoms with Crippen LogP contribution in [-0.4, -0.2) is 26.8 Å². The molecule has 1 aromatic carbocycles. The Kier molecular flexibility index (Phi) is 5.98. The van der Waals surface area contributed by atoms with Crippen LogP contribution in [0.3, 0.4) is 0 Å². The molecule has 0 atom stereocenters. The molecule has 2 heterocycles. The van der Waals surface area contributed by atoms with E-state index in [1.165, 1.54) is 17.4 Å². The molecular formula is C16H10ClF3N4OS2. The number of thioether (sulfide) groups is 1. The number of carbonyl (C=O) groups excluding carboxylic acids is 1. The predicted octanol–water partition coefficient (Wildman–Crippen LogP) is 5.00. The minimum absolute atomic E-state index is 0.0284. The topological polar surface area (TPSA) is 67.8 Å². The molecule has 1 N–H and O–H groups in total. The molecule has 0 saturated heterocycles. The smallest absolute Gasteiger partial charge is 0.300 e. The quantitative estimate of drug-likeness (QED) is 0.577. The van der Waals surface area contributed by atoms with Gasteiger partial charge in [0.05, 0.1) is 21.4 Å². The van der Waals surface area contributed by atoms with Crippen molar-refractivity contribution in [1.29, 1.82) is 0 Å². The Morgan fingerprint density at radius 2 is 1.96 bits per heavy atom. The average Bonchev–Trinajstić information content (AvgIpc) is 3.08. The number of halogens is 4. The SMILES string of the molecule is O=C(CSc1ccc(C(F)(F)F)cn1)Nc1nnc(-c2ccccc2Cl)s1. The summed E-state index contributed by atoms with van der Waals surface area (Å²) in [7, 11) is 0. The van der Waals surface area contributed by atoms with Crippen molar-refractivity contribution in [3.05, 3.63) is 53.2 Å². The Bertz CT molecular complexity index is 947. The molecule has 3 aromatic rings. The van der Waals surface area contributed by atoms with E-state index >= 15 is 0 Å². The highest BCUT2D eigenvalue weighted by atomic mass is 35.5. The fourth-order valence-corrected chi connectivity index (χ4v) is 3.67. The second-order valence-corrected chi connectivity index (χ2v) is 7.49. The van der Waals surface area contributed by atoms with Crippen LogP contribution in [0.2, 0.25) is 5.02 Å². The summed E-state index contributed by atoms with van der Waals surface area (Å²) in [5, 5.41) is 12.2. The summed E-state index contributed by atoms with van der Waals surface area (Å²) in [4.78, 5) is 15.7. The van der Waals surface area contributed by atoms with Crippen LogP contribution < -0.4 is 5.32 Å². The molecule has 0 aliphatic carbocycles. The summed E-state index contributed by atoms with van der Waals surface area (Å²) in [6, 6.07) is 9.27. The van der Waals surface area contributed by atoms with Gasteiger partial charge in [-0.2, -0.15) is 13.2 Å². The van der Waals surface area contributed by atoms with Gasteiger partial charge in [0.25, 0.3) is 0 Å². The molecule has 0 aliphatic rings. The Balaban J connectivity index is 1.56. The van der Waals surface area contributed by atoms with Gasteiger partial charge >= 0.3 is 6.18 Å². The maximum absolute atomic E-state index is 12.5. The third-order valence-electron chi connectivity index (χ3n) is 3.19. The van der Waals surface area contributed by atoms with Gasteiger partial charge in [0.15, 0.2) is 5.01 Å². The van der Waals surface area contributed by atoms with Crippen LogP contribution in [0.4, 0.5) is 18.3 Å². The lowest BCUT2D eigenvalue weighted by molar-refractivity contribution is -0.137. The minimum atomic E-state index is -4.44. The number of pyridine rings is 1. The first-order valence-corrected chi connectivity index (χ1v) is 9.55. The number of benzene rings is 1. The second-order valence-electron chi connectivity index (χ2n) is 5.11. The number of hydrogen-bond acceptors (Lipinski definition) is 6. The number of carbonyl (C=O) groups is 1. The minimum Gasteiger partial charge on any atom is -0.300 e. The Hall–Kier alpha value is -2.17. The van der Waals surface area contributed by atoms with E-state index in [4.69, 9.17) is 11.6 Å². The molecule has 0 aliphatic heterocycles. The van der Waals surface area contributed by atoms with Crippen LogP contribution >= 0.6 is 34.7 Å². The van der Waals surface area contributed by atoms with Gasteiger partial charge in [0.1, 0.15) is 0 Å². The summed E-state index contributed by atoms with van der Waals surface area (Å²) >= 11 is 8.29. The van der Waals surface area contributed by atoms with E-state index in [1.54, 1.807) is 18.2 Å². The summed E-state index contributed by atoms with van der Waals surface area (Å²) in [5.74, 6) is -0.400. The Morgan fingerprint density at radius 1 is 1.19 bits per heavy atom. The van der Waals surface area contributed by atoms with Crippen LogP contribution in [0, 0.1) is 0 Å².